The summed E-state index contributed by atoms with van der Waals surface area (Å²) < 4.78 is 2.28. The first kappa shape index (κ1) is 11.7. The summed E-state index contributed by atoms with van der Waals surface area (Å²) in [5.74, 6) is -0.360. The lowest BCUT2D eigenvalue weighted by atomic mass is 9.92. The van der Waals surface area contributed by atoms with Crippen molar-refractivity contribution in [3.05, 3.63) is 38.7 Å². The van der Waals surface area contributed by atoms with E-state index >= 15 is 0 Å². The van der Waals surface area contributed by atoms with Crippen LogP contribution in [-0.4, -0.2) is 14.2 Å². The normalized spacial score (nSPS) is 19.5. The molecule has 1 aromatic heterocycles. The van der Waals surface area contributed by atoms with Crippen LogP contribution in [-0.2, 0) is 14.1 Å². The second kappa shape index (κ2) is 4.24. The van der Waals surface area contributed by atoms with E-state index in [0.717, 1.165) is 23.8 Å². The molecule has 0 aromatic carbocycles. The molecule has 1 aliphatic rings. The molecule has 1 aromatic rings. The molecule has 17 heavy (non-hydrogen) atoms. The van der Waals surface area contributed by atoms with Gasteiger partial charge in [-0.2, -0.15) is 0 Å². The maximum absolute atomic E-state index is 11.8. The van der Waals surface area contributed by atoms with Gasteiger partial charge in [-0.05, 0) is 19.3 Å². The van der Waals surface area contributed by atoms with E-state index in [-0.39, 0.29) is 11.7 Å². The van der Waals surface area contributed by atoms with Gasteiger partial charge in [0.15, 0.2) is 0 Å². The number of allylic oxidation sites excluding steroid dienone is 2. The number of hydrogen-bond acceptors (Lipinski definition) is 3. The average Bonchev–Trinajstić information content (AvgIpc) is 2.36. The van der Waals surface area contributed by atoms with Gasteiger partial charge in [0.1, 0.15) is 0 Å². The summed E-state index contributed by atoms with van der Waals surface area (Å²) >= 11 is 0. The van der Waals surface area contributed by atoms with Gasteiger partial charge in [0.05, 0.1) is 5.69 Å². The number of aromatic hydroxyl groups is 1. The highest BCUT2D eigenvalue weighted by atomic mass is 16.3. The standard InChI is InChI=1S/C12H16N2O3/c1-13-9(8-6-4-3-5-7-8)10(15)11(16)14(2)12(13)17/h4,6,8,15H,3,5,7H2,1-2H3. The van der Waals surface area contributed by atoms with Crippen molar-refractivity contribution in [2.75, 3.05) is 0 Å². The molecule has 1 atom stereocenters. The summed E-state index contributed by atoms with van der Waals surface area (Å²) in [6, 6.07) is 0. The van der Waals surface area contributed by atoms with Gasteiger partial charge in [0.25, 0.3) is 5.56 Å². The zero-order valence-electron chi connectivity index (χ0n) is 10.0. The number of aromatic nitrogens is 2. The smallest absolute Gasteiger partial charge is 0.330 e. The van der Waals surface area contributed by atoms with E-state index < -0.39 is 11.2 Å². The zero-order chi connectivity index (χ0) is 12.6. The summed E-state index contributed by atoms with van der Waals surface area (Å²) in [7, 11) is 2.95. The van der Waals surface area contributed by atoms with Crippen LogP contribution in [0.15, 0.2) is 21.7 Å². The molecule has 0 bridgehead atoms. The molecule has 0 amide bonds. The van der Waals surface area contributed by atoms with Gasteiger partial charge in [-0.15, -0.1) is 0 Å². The van der Waals surface area contributed by atoms with E-state index in [0.29, 0.717) is 5.69 Å². The predicted molar refractivity (Wildman–Crippen MR) is 64.3 cm³/mol. The van der Waals surface area contributed by atoms with Gasteiger partial charge < -0.3 is 5.11 Å². The highest BCUT2D eigenvalue weighted by molar-refractivity contribution is 5.31. The Morgan fingerprint density at radius 1 is 1.29 bits per heavy atom. The van der Waals surface area contributed by atoms with E-state index in [1.807, 2.05) is 12.2 Å². The van der Waals surface area contributed by atoms with E-state index in [4.69, 9.17) is 0 Å². The molecule has 0 saturated heterocycles. The Kier molecular flexibility index (Phi) is 2.92. The molecule has 5 heteroatoms. The number of nitrogens with zero attached hydrogens (tertiary/aromatic N) is 2. The lowest BCUT2D eigenvalue weighted by Gasteiger charge is -2.20. The molecular formula is C12H16N2O3. The second-order valence-corrected chi connectivity index (χ2v) is 4.41. The highest BCUT2D eigenvalue weighted by Crippen LogP contribution is 2.30. The Morgan fingerprint density at radius 2 is 2.00 bits per heavy atom. The van der Waals surface area contributed by atoms with Crippen LogP contribution < -0.4 is 11.2 Å². The molecule has 1 unspecified atom stereocenters. The lowest BCUT2D eigenvalue weighted by Crippen LogP contribution is -2.39. The van der Waals surface area contributed by atoms with Crippen molar-refractivity contribution < 1.29 is 5.11 Å². The molecule has 92 valence electrons. The van der Waals surface area contributed by atoms with Crippen LogP contribution in [0.25, 0.3) is 0 Å². The molecule has 0 radical (unpaired) electrons. The highest BCUT2D eigenvalue weighted by Gasteiger charge is 2.22. The molecular weight excluding hydrogens is 220 g/mol. The first-order valence-corrected chi connectivity index (χ1v) is 5.69. The SMILES string of the molecule is Cn1c(C2C=CCCC2)c(O)c(=O)n(C)c1=O. The molecule has 1 N–H and O–H groups in total. The molecule has 2 rings (SSSR count). The van der Waals surface area contributed by atoms with Crippen LogP contribution >= 0.6 is 0 Å². The van der Waals surface area contributed by atoms with Crippen molar-refractivity contribution in [1.82, 2.24) is 9.13 Å². The quantitative estimate of drug-likeness (QED) is 0.727. The first-order chi connectivity index (χ1) is 8.04. The maximum Gasteiger partial charge on any atom is 0.330 e. The minimum atomic E-state index is -0.623. The van der Waals surface area contributed by atoms with Crippen molar-refractivity contribution in [2.24, 2.45) is 14.1 Å². The van der Waals surface area contributed by atoms with Crippen LogP contribution in [0.2, 0.25) is 0 Å². The first-order valence-electron chi connectivity index (χ1n) is 5.69. The van der Waals surface area contributed by atoms with E-state index in [9.17, 15) is 14.7 Å². The lowest BCUT2D eigenvalue weighted by molar-refractivity contribution is 0.424. The summed E-state index contributed by atoms with van der Waals surface area (Å²) in [4.78, 5) is 23.5. The topological polar surface area (TPSA) is 64.2 Å². The molecule has 0 spiro atoms. The molecule has 0 fully saturated rings. The van der Waals surface area contributed by atoms with Crippen LogP contribution in [0, 0.1) is 0 Å². The number of hydrogen-bond donors (Lipinski definition) is 1. The van der Waals surface area contributed by atoms with Crippen molar-refractivity contribution in [2.45, 2.75) is 25.2 Å². The van der Waals surface area contributed by atoms with Crippen LogP contribution in [0.3, 0.4) is 0 Å². The van der Waals surface area contributed by atoms with Gasteiger partial charge in [0, 0.05) is 20.0 Å². The van der Waals surface area contributed by atoms with Gasteiger partial charge in [-0.3, -0.25) is 13.9 Å². The van der Waals surface area contributed by atoms with Gasteiger partial charge in [-0.1, -0.05) is 12.2 Å². The Balaban J connectivity index is 2.69. The van der Waals surface area contributed by atoms with E-state index in [1.165, 1.54) is 11.6 Å². The predicted octanol–water partition coefficient (Wildman–Crippen LogP) is 0.613. The summed E-state index contributed by atoms with van der Waals surface area (Å²) in [5.41, 5.74) is -0.599. The van der Waals surface area contributed by atoms with Crippen LogP contribution in [0.1, 0.15) is 30.9 Å². The Hall–Kier alpha value is -1.78. The number of rotatable bonds is 1. The van der Waals surface area contributed by atoms with E-state index in [2.05, 4.69) is 0 Å². The molecule has 1 heterocycles. The van der Waals surface area contributed by atoms with Crippen LogP contribution in [0.4, 0.5) is 0 Å². The third-order valence-corrected chi connectivity index (χ3v) is 3.29. The monoisotopic (exact) mass is 236 g/mol. The van der Waals surface area contributed by atoms with Crippen molar-refractivity contribution in [1.29, 1.82) is 0 Å². The fourth-order valence-corrected chi connectivity index (χ4v) is 2.31. The van der Waals surface area contributed by atoms with E-state index in [1.54, 1.807) is 7.05 Å². The van der Waals surface area contributed by atoms with Crippen molar-refractivity contribution in [3.8, 4) is 5.75 Å². The fraction of sp³-hybridized carbons (Fsp3) is 0.500. The third kappa shape index (κ3) is 1.81. The van der Waals surface area contributed by atoms with Crippen molar-refractivity contribution >= 4 is 0 Å². The van der Waals surface area contributed by atoms with Crippen molar-refractivity contribution in [3.63, 3.8) is 0 Å². The summed E-state index contributed by atoms with van der Waals surface area (Å²) in [5, 5.41) is 9.91. The zero-order valence-corrected chi connectivity index (χ0v) is 10.0. The maximum atomic E-state index is 11.8. The second-order valence-electron chi connectivity index (χ2n) is 4.41. The summed E-state index contributed by atoms with van der Waals surface area (Å²) in [6.07, 6.45) is 6.84. The van der Waals surface area contributed by atoms with Gasteiger partial charge in [-0.25, -0.2) is 4.79 Å². The fourth-order valence-electron chi connectivity index (χ4n) is 2.31. The van der Waals surface area contributed by atoms with Gasteiger partial charge in [0.2, 0.25) is 5.75 Å². The van der Waals surface area contributed by atoms with Gasteiger partial charge >= 0.3 is 5.69 Å². The minimum absolute atomic E-state index is 0.0460. The molecule has 0 aliphatic heterocycles. The van der Waals surface area contributed by atoms with Crippen LogP contribution in [0.5, 0.6) is 5.75 Å². The largest absolute Gasteiger partial charge is 0.502 e. The Morgan fingerprint density at radius 3 is 2.59 bits per heavy atom. The Labute approximate surface area is 98.6 Å². The third-order valence-electron chi connectivity index (χ3n) is 3.29. The Bertz CT molecular complexity index is 543. The summed E-state index contributed by atoms with van der Waals surface area (Å²) in [6.45, 7) is 0. The minimum Gasteiger partial charge on any atom is -0.502 e. The molecule has 5 nitrogen and oxygen atoms in total. The molecule has 0 saturated carbocycles. The molecule has 1 aliphatic carbocycles. The average molecular weight is 236 g/mol.